The molecule has 7 heteroatoms. The minimum absolute atomic E-state index is 0.0122. The van der Waals surface area contributed by atoms with E-state index < -0.39 is 0 Å². The van der Waals surface area contributed by atoms with E-state index in [-0.39, 0.29) is 11.8 Å². The van der Waals surface area contributed by atoms with E-state index in [0.717, 1.165) is 29.6 Å². The molecule has 1 aliphatic rings. The summed E-state index contributed by atoms with van der Waals surface area (Å²) in [6.45, 7) is 8.93. The predicted octanol–water partition coefficient (Wildman–Crippen LogP) is 2.53. The molecule has 0 bridgehead atoms. The molecule has 0 aromatic carbocycles. The zero-order valence-corrected chi connectivity index (χ0v) is 13.9. The summed E-state index contributed by atoms with van der Waals surface area (Å²) in [5, 5.41) is 0.936. The van der Waals surface area contributed by atoms with Gasteiger partial charge in [-0.1, -0.05) is 13.8 Å². The van der Waals surface area contributed by atoms with Gasteiger partial charge < -0.3 is 14.2 Å². The number of aryl methyl sites for hydroxylation is 1. The van der Waals surface area contributed by atoms with Gasteiger partial charge in [0.15, 0.2) is 5.76 Å². The lowest BCUT2D eigenvalue weighted by atomic mass is 10.0. The molecule has 22 heavy (non-hydrogen) atoms. The van der Waals surface area contributed by atoms with Crippen molar-refractivity contribution in [2.75, 3.05) is 31.1 Å². The Bertz CT molecular complexity index is 656. The van der Waals surface area contributed by atoms with E-state index in [2.05, 4.69) is 28.1 Å². The monoisotopic (exact) mass is 320 g/mol. The topological polar surface area (TPSA) is 62.5 Å². The summed E-state index contributed by atoms with van der Waals surface area (Å²) in [7, 11) is 0. The largest absolute Gasteiger partial charge is 0.459 e. The molecule has 0 unspecified atom stereocenters. The molecule has 3 rings (SSSR count). The van der Waals surface area contributed by atoms with Crippen LogP contribution in [0.4, 0.5) is 5.13 Å². The minimum atomic E-state index is -0.0122. The Balaban J connectivity index is 1.66. The maximum Gasteiger partial charge on any atom is 0.289 e. The third kappa shape index (κ3) is 2.85. The van der Waals surface area contributed by atoms with Crippen LogP contribution in [-0.2, 0) is 0 Å². The van der Waals surface area contributed by atoms with Gasteiger partial charge in [-0.2, -0.15) is 4.37 Å². The smallest absolute Gasteiger partial charge is 0.289 e. The second-order valence-corrected chi connectivity index (χ2v) is 6.49. The summed E-state index contributed by atoms with van der Waals surface area (Å²) in [5.74, 6) is 1.55. The van der Waals surface area contributed by atoms with E-state index in [4.69, 9.17) is 4.42 Å². The summed E-state index contributed by atoms with van der Waals surface area (Å²) in [6, 6.07) is 1.89. The van der Waals surface area contributed by atoms with E-state index in [9.17, 15) is 4.79 Å². The molecule has 1 aliphatic heterocycles. The first-order valence-electron chi connectivity index (χ1n) is 7.48. The molecular weight excluding hydrogens is 300 g/mol. The Morgan fingerprint density at radius 2 is 2.05 bits per heavy atom. The van der Waals surface area contributed by atoms with Crippen molar-refractivity contribution in [2.45, 2.75) is 26.7 Å². The highest BCUT2D eigenvalue weighted by Crippen LogP contribution is 2.24. The van der Waals surface area contributed by atoms with Crippen molar-refractivity contribution in [1.29, 1.82) is 0 Å². The number of carbonyl (C=O) groups is 1. The minimum Gasteiger partial charge on any atom is -0.459 e. The molecule has 6 nitrogen and oxygen atoms in total. The summed E-state index contributed by atoms with van der Waals surface area (Å²) in [6.07, 6.45) is 1.60. The van der Waals surface area contributed by atoms with Gasteiger partial charge in [-0.25, -0.2) is 4.98 Å². The van der Waals surface area contributed by atoms with Crippen LogP contribution < -0.4 is 4.90 Å². The molecule has 0 atom stereocenters. The number of aromatic nitrogens is 2. The second-order valence-electron chi connectivity index (χ2n) is 5.76. The SMILES string of the molecule is Cc1nsc(N2CCN(C(=O)c3occc3C(C)C)CC2)n1. The summed E-state index contributed by atoms with van der Waals surface area (Å²) < 4.78 is 9.64. The van der Waals surface area contributed by atoms with Crippen LogP contribution in [0.15, 0.2) is 16.7 Å². The van der Waals surface area contributed by atoms with Crippen LogP contribution in [0.1, 0.15) is 41.7 Å². The molecule has 118 valence electrons. The summed E-state index contributed by atoms with van der Waals surface area (Å²) >= 11 is 1.41. The van der Waals surface area contributed by atoms with Crippen molar-refractivity contribution in [2.24, 2.45) is 0 Å². The Kier molecular flexibility index (Phi) is 4.15. The van der Waals surface area contributed by atoms with Gasteiger partial charge in [0, 0.05) is 43.3 Å². The van der Waals surface area contributed by atoms with Gasteiger partial charge in [0.2, 0.25) is 5.13 Å². The molecular formula is C15H20N4O2S. The first-order chi connectivity index (χ1) is 10.6. The van der Waals surface area contributed by atoms with Gasteiger partial charge in [0.25, 0.3) is 5.91 Å². The van der Waals surface area contributed by atoms with Crippen LogP contribution in [0.25, 0.3) is 0 Å². The van der Waals surface area contributed by atoms with Gasteiger partial charge >= 0.3 is 0 Å². The highest BCUT2D eigenvalue weighted by molar-refractivity contribution is 7.09. The lowest BCUT2D eigenvalue weighted by Gasteiger charge is -2.34. The van der Waals surface area contributed by atoms with Crippen molar-refractivity contribution >= 4 is 22.6 Å². The molecule has 2 aromatic heterocycles. The van der Waals surface area contributed by atoms with Crippen LogP contribution in [0.3, 0.4) is 0 Å². The number of hydrogen-bond acceptors (Lipinski definition) is 6. The van der Waals surface area contributed by atoms with Gasteiger partial charge in [-0.15, -0.1) is 0 Å². The zero-order chi connectivity index (χ0) is 15.7. The number of hydrogen-bond donors (Lipinski definition) is 0. The lowest BCUT2D eigenvalue weighted by molar-refractivity contribution is 0.0712. The van der Waals surface area contributed by atoms with E-state index in [0.29, 0.717) is 18.8 Å². The van der Waals surface area contributed by atoms with Crippen molar-refractivity contribution in [3.05, 3.63) is 29.5 Å². The third-order valence-electron chi connectivity index (χ3n) is 3.87. The average Bonchev–Trinajstić information content (AvgIpc) is 3.15. The normalized spacial score (nSPS) is 15.6. The highest BCUT2D eigenvalue weighted by Gasteiger charge is 2.27. The molecule has 1 amide bonds. The maximum atomic E-state index is 12.6. The van der Waals surface area contributed by atoms with Crippen molar-refractivity contribution in [3.8, 4) is 0 Å². The second kappa shape index (κ2) is 6.08. The first kappa shape index (κ1) is 15.0. The Morgan fingerprint density at radius 1 is 1.32 bits per heavy atom. The van der Waals surface area contributed by atoms with Gasteiger partial charge in [-0.05, 0) is 18.9 Å². The first-order valence-corrected chi connectivity index (χ1v) is 8.25. The van der Waals surface area contributed by atoms with Crippen LogP contribution in [0, 0.1) is 6.92 Å². The van der Waals surface area contributed by atoms with E-state index in [1.807, 2.05) is 17.9 Å². The van der Waals surface area contributed by atoms with Crippen LogP contribution in [0.2, 0.25) is 0 Å². The van der Waals surface area contributed by atoms with Crippen LogP contribution in [-0.4, -0.2) is 46.3 Å². The fourth-order valence-electron chi connectivity index (χ4n) is 2.61. The molecule has 1 saturated heterocycles. The van der Waals surface area contributed by atoms with Crippen molar-refractivity contribution in [1.82, 2.24) is 14.3 Å². The molecule has 1 fully saturated rings. The molecule has 0 radical (unpaired) electrons. The Morgan fingerprint density at radius 3 is 2.64 bits per heavy atom. The van der Waals surface area contributed by atoms with Crippen molar-refractivity contribution in [3.63, 3.8) is 0 Å². The Labute approximate surface area is 133 Å². The van der Waals surface area contributed by atoms with Crippen LogP contribution >= 0.6 is 11.5 Å². The number of rotatable bonds is 3. The Hall–Kier alpha value is -1.89. The van der Waals surface area contributed by atoms with Gasteiger partial charge in [0.05, 0.1) is 6.26 Å². The number of furan rings is 1. The zero-order valence-electron chi connectivity index (χ0n) is 13.1. The highest BCUT2D eigenvalue weighted by atomic mass is 32.1. The standard InChI is InChI=1S/C15H20N4O2S/c1-10(2)12-4-9-21-13(12)14(20)18-5-7-19(8-6-18)15-16-11(3)17-22-15/h4,9-10H,5-8H2,1-3H3. The molecule has 3 heterocycles. The number of anilines is 1. The number of nitrogens with zero attached hydrogens (tertiary/aromatic N) is 4. The van der Waals surface area contributed by atoms with Gasteiger partial charge in [0.1, 0.15) is 5.82 Å². The third-order valence-corrected chi connectivity index (χ3v) is 4.73. The fourth-order valence-corrected chi connectivity index (χ4v) is 3.33. The molecule has 0 N–H and O–H groups in total. The predicted molar refractivity (Wildman–Crippen MR) is 85.6 cm³/mol. The summed E-state index contributed by atoms with van der Waals surface area (Å²) in [4.78, 5) is 21.1. The molecule has 0 aliphatic carbocycles. The van der Waals surface area contributed by atoms with Gasteiger partial charge in [-0.3, -0.25) is 4.79 Å². The quantitative estimate of drug-likeness (QED) is 0.869. The number of piperazine rings is 1. The van der Waals surface area contributed by atoms with Crippen molar-refractivity contribution < 1.29 is 9.21 Å². The number of carbonyl (C=O) groups excluding carboxylic acids is 1. The lowest BCUT2D eigenvalue weighted by Crippen LogP contribution is -2.48. The van der Waals surface area contributed by atoms with E-state index in [1.165, 1.54) is 11.5 Å². The fraction of sp³-hybridized carbons (Fsp3) is 0.533. The molecule has 0 saturated carbocycles. The average molecular weight is 320 g/mol. The molecule has 2 aromatic rings. The number of amides is 1. The van der Waals surface area contributed by atoms with E-state index >= 15 is 0 Å². The molecule has 0 spiro atoms. The summed E-state index contributed by atoms with van der Waals surface area (Å²) in [5.41, 5.74) is 0.979. The van der Waals surface area contributed by atoms with E-state index in [1.54, 1.807) is 6.26 Å². The maximum absolute atomic E-state index is 12.6. The van der Waals surface area contributed by atoms with Crippen LogP contribution in [0.5, 0.6) is 0 Å².